The molecular formula is C20H16F3NO3. The summed E-state index contributed by atoms with van der Waals surface area (Å²) in [6.45, 7) is 1.70. The minimum absolute atomic E-state index is 0.413. The van der Waals surface area contributed by atoms with E-state index in [-0.39, 0.29) is 0 Å². The quantitative estimate of drug-likeness (QED) is 0.722. The molecule has 0 spiro atoms. The lowest BCUT2D eigenvalue weighted by Gasteiger charge is -2.18. The fraction of sp³-hybridized carbons (Fsp3) is 0.200. The van der Waals surface area contributed by atoms with Gasteiger partial charge in [0.15, 0.2) is 0 Å². The number of halogens is 3. The number of carbonyl (C=O) groups is 2. The molecule has 2 aromatic carbocycles. The second-order valence-electron chi connectivity index (χ2n) is 6.12. The van der Waals surface area contributed by atoms with Gasteiger partial charge >= 0.3 is 12.3 Å². The molecule has 0 aliphatic carbocycles. The van der Waals surface area contributed by atoms with Crippen molar-refractivity contribution in [3.8, 4) is 0 Å². The van der Waals surface area contributed by atoms with E-state index >= 15 is 0 Å². The van der Waals surface area contributed by atoms with Crippen LogP contribution in [-0.2, 0) is 15.7 Å². The number of hydrogen-bond acceptors (Lipinski definition) is 3. The van der Waals surface area contributed by atoms with E-state index in [4.69, 9.17) is 4.74 Å². The van der Waals surface area contributed by atoms with Crippen LogP contribution in [0.3, 0.4) is 0 Å². The molecule has 27 heavy (non-hydrogen) atoms. The largest absolute Gasteiger partial charge is 0.439 e. The monoisotopic (exact) mass is 375 g/mol. The Morgan fingerprint density at radius 1 is 1.07 bits per heavy atom. The molecule has 1 aliphatic rings. The second kappa shape index (κ2) is 7.26. The van der Waals surface area contributed by atoms with Crippen molar-refractivity contribution in [3.05, 3.63) is 77.4 Å². The molecule has 1 aliphatic heterocycles. The highest BCUT2D eigenvalue weighted by molar-refractivity contribution is 6.02. The number of amides is 2. The topological polar surface area (TPSA) is 46.6 Å². The van der Waals surface area contributed by atoms with E-state index in [2.05, 4.69) is 0 Å². The molecule has 1 heterocycles. The normalized spacial score (nSPS) is 20.1. The summed E-state index contributed by atoms with van der Waals surface area (Å²) in [5.74, 6) is -0.592. The molecule has 1 fully saturated rings. The van der Waals surface area contributed by atoms with E-state index in [1.165, 1.54) is 18.2 Å². The fourth-order valence-electron chi connectivity index (χ4n) is 2.88. The van der Waals surface area contributed by atoms with Crippen molar-refractivity contribution in [2.75, 3.05) is 0 Å². The van der Waals surface area contributed by atoms with E-state index in [1.807, 2.05) is 18.2 Å². The first-order valence-electron chi connectivity index (χ1n) is 8.21. The molecule has 0 aromatic heterocycles. The predicted molar refractivity (Wildman–Crippen MR) is 92.5 cm³/mol. The van der Waals surface area contributed by atoms with Gasteiger partial charge in [-0.3, -0.25) is 4.79 Å². The standard InChI is InChI=1S/C20H16F3NO3/c1-13-18(15-5-3-2-4-6-15)27-19(26)24(13)17(25)12-9-14-7-10-16(11-8-14)20(21,22)23/h2-13,18H,1H3/b12-9+/t13?,18-/m0/s1. The number of ether oxygens (including phenoxy) is 1. The molecule has 1 saturated heterocycles. The summed E-state index contributed by atoms with van der Waals surface area (Å²) in [6.07, 6.45) is -3.23. The highest BCUT2D eigenvalue weighted by Crippen LogP contribution is 2.32. The first-order chi connectivity index (χ1) is 12.8. The van der Waals surface area contributed by atoms with Crippen LogP contribution in [0.25, 0.3) is 6.08 Å². The van der Waals surface area contributed by atoms with E-state index < -0.39 is 35.9 Å². The summed E-state index contributed by atoms with van der Waals surface area (Å²) in [7, 11) is 0. The van der Waals surface area contributed by atoms with Crippen LogP contribution in [0.2, 0.25) is 0 Å². The minimum Gasteiger partial charge on any atom is -0.439 e. The molecule has 1 unspecified atom stereocenters. The first-order valence-corrected chi connectivity index (χ1v) is 8.21. The van der Waals surface area contributed by atoms with E-state index in [1.54, 1.807) is 19.1 Å². The Kier molecular flexibility index (Phi) is 5.03. The van der Waals surface area contributed by atoms with E-state index in [0.717, 1.165) is 28.7 Å². The molecule has 4 nitrogen and oxygen atoms in total. The van der Waals surface area contributed by atoms with E-state index in [9.17, 15) is 22.8 Å². The molecule has 0 bridgehead atoms. The van der Waals surface area contributed by atoms with Gasteiger partial charge in [0.05, 0.1) is 11.6 Å². The molecule has 3 rings (SSSR count). The Bertz CT molecular complexity index is 860. The molecule has 140 valence electrons. The minimum atomic E-state index is -4.42. The number of nitrogens with zero attached hydrogens (tertiary/aromatic N) is 1. The lowest BCUT2D eigenvalue weighted by Crippen LogP contribution is -2.36. The molecule has 0 radical (unpaired) electrons. The van der Waals surface area contributed by atoms with E-state index in [0.29, 0.717) is 5.56 Å². The van der Waals surface area contributed by atoms with Crippen molar-refractivity contribution in [3.63, 3.8) is 0 Å². The molecule has 2 atom stereocenters. The Morgan fingerprint density at radius 3 is 2.30 bits per heavy atom. The Labute approximate surface area is 153 Å². The summed E-state index contributed by atoms with van der Waals surface area (Å²) in [4.78, 5) is 25.5. The molecule has 2 aromatic rings. The predicted octanol–water partition coefficient (Wildman–Crippen LogP) is 4.83. The summed E-state index contributed by atoms with van der Waals surface area (Å²) in [5, 5.41) is 0. The van der Waals surface area contributed by atoms with Crippen molar-refractivity contribution >= 4 is 18.1 Å². The average molecular weight is 375 g/mol. The van der Waals surface area contributed by atoms with Crippen molar-refractivity contribution in [2.45, 2.75) is 25.2 Å². The van der Waals surface area contributed by atoms with Crippen LogP contribution in [0.1, 0.15) is 29.7 Å². The van der Waals surface area contributed by atoms with Gasteiger partial charge in [-0.15, -0.1) is 0 Å². The van der Waals surface area contributed by atoms with Crippen LogP contribution < -0.4 is 0 Å². The molecule has 2 amide bonds. The SMILES string of the molecule is CC1[C@@H](c2ccccc2)OC(=O)N1C(=O)/C=C/c1ccc(C(F)(F)F)cc1. The highest BCUT2D eigenvalue weighted by atomic mass is 19.4. The third-order valence-corrected chi connectivity index (χ3v) is 4.29. The fourth-order valence-corrected chi connectivity index (χ4v) is 2.88. The van der Waals surface area contributed by atoms with Gasteiger partial charge in [-0.1, -0.05) is 42.5 Å². The van der Waals surface area contributed by atoms with Gasteiger partial charge in [0.25, 0.3) is 5.91 Å². The van der Waals surface area contributed by atoms with Gasteiger partial charge in [-0.2, -0.15) is 13.2 Å². The van der Waals surface area contributed by atoms with Crippen LogP contribution in [0.15, 0.2) is 60.7 Å². The van der Waals surface area contributed by atoms with Gasteiger partial charge < -0.3 is 4.74 Å². The number of carbonyl (C=O) groups excluding carboxylic acids is 2. The maximum atomic E-state index is 12.6. The third kappa shape index (κ3) is 4.02. The summed E-state index contributed by atoms with van der Waals surface area (Å²) < 4.78 is 43.0. The highest BCUT2D eigenvalue weighted by Gasteiger charge is 2.42. The van der Waals surface area contributed by atoms with Gasteiger partial charge in [-0.05, 0) is 36.3 Å². The van der Waals surface area contributed by atoms with Gasteiger partial charge in [0, 0.05) is 6.08 Å². The molecule has 7 heteroatoms. The number of benzene rings is 2. The van der Waals surface area contributed by atoms with Crippen molar-refractivity contribution < 1.29 is 27.5 Å². The van der Waals surface area contributed by atoms with Gasteiger partial charge in [0.1, 0.15) is 6.10 Å². The molecular weight excluding hydrogens is 359 g/mol. The van der Waals surface area contributed by atoms with Crippen LogP contribution in [0.4, 0.5) is 18.0 Å². The molecule has 0 N–H and O–H groups in total. The Hall–Kier alpha value is -3.09. The summed E-state index contributed by atoms with van der Waals surface area (Å²) in [6, 6.07) is 12.9. The van der Waals surface area contributed by atoms with Crippen molar-refractivity contribution in [2.24, 2.45) is 0 Å². The Balaban J connectivity index is 1.72. The number of imide groups is 1. The van der Waals surface area contributed by atoms with Crippen molar-refractivity contribution in [1.82, 2.24) is 4.90 Å². The van der Waals surface area contributed by atoms with Crippen LogP contribution >= 0.6 is 0 Å². The maximum Gasteiger partial charge on any atom is 0.417 e. The lowest BCUT2D eigenvalue weighted by atomic mass is 10.0. The summed E-state index contributed by atoms with van der Waals surface area (Å²) >= 11 is 0. The van der Waals surface area contributed by atoms with Gasteiger partial charge in [-0.25, -0.2) is 9.69 Å². The number of hydrogen-bond donors (Lipinski definition) is 0. The number of rotatable bonds is 3. The van der Waals surface area contributed by atoms with Gasteiger partial charge in [0.2, 0.25) is 0 Å². The third-order valence-electron chi connectivity index (χ3n) is 4.29. The average Bonchev–Trinajstić information content (AvgIpc) is 2.94. The number of cyclic esters (lactones) is 1. The zero-order valence-electron chi connectivity index (χ0n) is 14.3. The Morgan fingerprint density at radius 2 is 1.70 bits per heavy atom. The molecule has 0 saturated carbocycles. The first kappa shape index (κ1) is 18.7. The zero-order chi connectivity index (χ0) is 19.6. The van der Waals surface area contributed by atoms with Crippen molar-refractivity contribution in [1.29, 1.82) is 0 Å². The van der Waals surface area contributed by atoms with Crippen LogP contribution in [0.5, 0.6) is 0 Å². The second-order valence-corrected chi connectivity index (χ2v) is 6.12. The maximum absolute atomic E-state index is 12.6. The summed E-state index contributed by atoms with van der Waals surface area (Å²) in [5.41, 5.74) is 0.421. The van der Waals surface area contributed by atoms with Crippen LogP contribution in [0, 0.1) is 0 Å². The van der Waals surface area contributed by atoms with Crippen LogP contribution in [-0.4, -0.2) is 22.9 Å². The smallest absolute Gasteiger partial charge is 0.417 e. The lowest BCUT2D eigenvalue weighted by molar-refractivity contribution is -0.137. The zero-order valence-corrected chi connectivity index (χ0v) is 14.3. The number of alkyl halides is 3.